The van der Waals surface area contributed by atoms with Gasteiger partial charge in [0.15, 0.2) is 6.40 Å². The average molecular weight is 561 g/mol. The number of amides is 1. The molecule has 9 nitrogen and oxygen atoms in total. The third-order valence-corrected chi connectivity index (χ3v) is 8.20. The van der Waals surface area contributed by atoms with Crippen LogP contribution in [0.1, 0.15) is 32.6 Å². The van der Waals surface area contributed by atoms with Gasteiger partial charge in [-0.1, -0.05) is 37.3 Å². The molecule has 220 valence electrons. The van der Waals surface area contributed by atoms with Crippen molar-refractivity contribution in [3.63, 3.8) is 0 Å². The van der Waals surface area contributed by atoms with Crippen LogP contribution in [0.3, 0.4) is 0 Å². The minimum atomic E-state index is -0.142. The van der Waals surface area contributed by atoms with E-state index in [4.69, 9.17) is 15.1 Å². The number of piperidine rings is 1. The molecule has 0 unspecified atom stereocenters. The number of likely N-dealkylation sites (N-methyl/N-ethyl adjacent to an activating group) is 2. The molecule has 2 aliphatic heterocycles. The third-order valence-electron chi connectivity index (χ3n) is 8.20. The molecule has 2 aromatic carbocycles. The number of carbonyl (C=O) groups excluding carboxylic acids is 1. The maximum Gasteiger partial charge on any atom is 0.245 e. The predicted molar refractivity (Wildman–Crippen MR) is 167 cm³/mol. The zero-order chi connectivity index (χ0) is 29.4. The van der Waals surface area contributed by atoms with Gasteiger partial charge in [0.05, 0.1) is 12.2 Å². The van der Waals surface area contributed by atoms with Crippen molar-refractivity contribution in [2.45, 2.75) is 38.6 Å². The van der Waals surface area contributed by atoms with Crippen LogP contribution >= 0.6 is 0 Å². The first-order valence-corrected chi connectivity index (χ1v) is 14.5. The number of phenols is 1. The van der Waals surface area contributed by atoms with Crippen molar-refractivity contribution in [3.05, 3.63) is 60.3 Å². The Labute approximate surface area is 243 Å². The second kappa shape index (κ2) is 14.2. The SMILES string of the molecule is C=CC(=O)N(C)CCN(C)C(=N)C1=C(/N=C/OCCN2CCCC[C@@H]2C)CN(c2cc(O)cc3ccccc23)CC1. The normalized spacial score (nSPS) is 18.1. The second-order valence-corrected chi connectivity index (χ2v) is 11.0. The van der Waals surface area contributed by atoms with Gasteiger partial charge >= 0.3 is 0 Å². The lowest BCUT2D eigenvalue weighted by Crippen LogP contribution is -2.40. The molecule has 9 heteroatoms. The summed E-state index contributed by atoms with van der Waals surface area (Å²) in [4.78, 5) is 24.8. The van der Waals surface area contributed by atoms with Crippen molar-refractivity contribution in [3.8, 4) is 5.75 Å². The van der Waals surface area contributed by atoms with Gasteiger partial charge in [-0.25, -0.2) is 4.99 Å². The maximum atomic E-state index is 11.9. The Balaban J connectivity index is 1.52. The van der Waals surface area contributed by atoms with E-state index in [1.54, 1.807) is 24.1 Å². The fourth-order valence-electron chi connectivity index (χ4n) is 5.58. The van der Waals surface area contributed by atoms with Crippen LogP contribution in [0.4, 0.5) is 5.69 Å². The quantitative estimate of drug-likeness (QED) is 0.182. The zero-order valence-corrected chi connectivity index (χ0v) is 24.7. The van der Waals surface area contributed by atoms with Crippen molar-refractivity contribution in [2.75, 3.05) is 64.9 Å². The fraction of sp³-hybridized carbons (Fsp3) is 0.469. The topological polar surface area (TPSA) is 95.7 Å². The van der Waals surface area contributed by atoms with Gasteiger partial charge in [-0.05, 0) is 50.3 Å². The van der Waals surface area contributed by atoms with Crippen molar-refractivity contribution in [2.24, 2.45) is 4.99 Å². The number of rotatable bonds is 11. The molecular formula is C32H44N6O3. The first-order valence-electron chi connectivity index (χ1n) is 14.5. The summed E-state index contributed by atoms with van der Waals surface area (Å²) in [6.07, 6.45) is 7.21. The van der Waals surface area contributed by atoms with E-state index in [9.17, 15) is 9.90 Å². The van der Waals surface area contributed by atoms with Gasteiger partial charge in [0, 0.05) is 69.0 Å². The molecule has 4 rings (SSSR count). The fourth-order valence-corrected chi connectivity index (χ4v) is 5.58. The van der Waals surface area contributed by atoms with Crippen LogP contribution in [0.15, 0.2) is 65.3 Å². The molecular weight excluding hydrogens is 516 g/mol. The number of hydrogen-bond acceptors (Lipinski definition) is 7. The molecule has 0 spiro atoms. The van der Waals surface area contributed by atoms with E-state index < -0.39 is 0 Å². The summed E-state index contributed by atoms with van der Waals surface area (Å²) in [5, 5.41) is 21.5. The molecule has 2 aromatic rings. The monoisotopic (exact) mass is 560 g/mol. The van der Waals surface area contributed by atoms with E-state index in [0.29, 0.717) is 51.1 Å². The van der Waals surface area contributed by atoms with E-state index in [0.717, 1.165) is 40.8 Å². The summed E-state index contributed by atoms with van der Waals surface area (Å²) in [6.45, 7) is 10.5. The highest BCUT2D eigenvalue weighted by atomic mass is 16.5. The molecule has 0 radical (unpaired) electrons. The van der Waals surface area contributed by atoms with Crippen LogP contribution in [0.5, 0.6) is 5.75 Å². The summed E-state index contributed by atoms with van der Waals surface area (Å²) in [5.74, 6) is 0.468. The molecule has 0 aliphatic carbocycles. The van der Waals surface area contributed by atoms with Crippen LogP contribution in [0.2, 0.25) is 0 Å². The lowest BCUT2D eigenvalue weighted by atomic mass is 10.0. The first kappa shape index (κ1) is 30.1. The van der Waals surface area contributed by atoms with Crippen LogP contribution in [0.25, 0.3) is 10.8 Å². The number of carbonyl (C=O) groups is 1. The number of aromatic hydroxyl groups is 1. The first-order chi connectivity index (χ1) is 19.8. The van der Waals surface area contributed by atoms with Crippen LogP contribution in [-0.2, 0) is 9.53 Å². The van der Waals surface area contributed by atoms with Gasteiger partial charge in [-0.3, -0.25) is 15.1 Å². The molecule has 2 heterocycles. The average Bonchev–Trinajstić information content (AvgIpc) is 2.99. The van der Waals surface area contributed by atoms with Crippen molar-refractivity contribution in [1.82, 2.24) is 14.7 Å². The minimum Gasteiger partial charge on any atom is -0.508 e. The number of anilines is 1. The molecule has 0 bridgehead atoms. The molecule has 41 heavy (non-hydrogen) atoms. The smallest absolute Gasteiger partial charge is 0.245 e. The lowest BCUT2D eigenvalue weighted by Gasteiger charge is -2.34. The highest BCUT2D eigenvalue weighted by molar-refractivity contribution is 5.99. The maximum absolute atomic E-state index is 11.9. The van der Waals surface area contributed by atoms with Gasteiger partial charge in [-0.15, -0.1) is 0 Å². The number of phenolic OH excluding ortho intramolecular Hbond substituents is 1. The largest absolute Gasteiger partial charge is 0.508 e. The number of hydrogen-bond donors (Lipinski definition) is 2. The number of fused-ring (bicyclic) bond motifs is 1. The summed E-state index contributed by atoms with van der Waals surface area (Å²) >= 11 is 0. The molecule has 1 fully saturated rings. The zero-order valence-electron chi connectivity index (χ0n) is 24.7. The highest BCUT2D eigenvalue weighted by Crippen LogP contribution is 2.34. The molecule has 0 saturated carbocycles. The standard InChI is InChI=1S/C32H44N6O3/c1-5-31(40)35(3)16-17-36(4)32(33)28-13-15-38(30-21-26(39)20-25-11-6-7-12-27(25)30)22-29(28)34-23-41-19-18-37-14-9-8-10-24(37)2/h5-7,11-12,20-21,23-24,33,39H,1,8-10,13-19,22H2,2-4H3/b33-32?,34-23+/t24-/m0/s1. The number of ether oxygens (including phenoxy) is 1. The number of aliphatic imine (C=N–C) groups is 1. The van der Waals surface area contributed by atoms with Crippen molar-refractivity contribution in [1.29, 1.82) is 5.41 Å². The summed E-state index contributed by atoms with van der Waals surface area (Å²) < 4.78 is 5.86. The highest BCUT2D eigenvalue weighted by Gasteiger charge is 2.25. The summed E-state index contributed by atoms with van der Waals surface area (Å²) in [5.41, 5.74) is 2.56. The predicted octanol–water partition coefficient (Wildman–Crippen LogP) is 4.48. The number of benzene rings is 2. The van der Waals surface area contributed by atoms with Gasteiger partial charge < -0.3 is 24.5 Å². The van der Waals surface area contributed by atoms with Crippen LogP contribution in [0, 0.1) is 5.41 Å². The molecule has 1 atom stereocenters. The Bertz CT molecular complexity index is 1310. The Morgan fingerprint density at radius 3 is 2.76 bits per heavy atom. The number of nitrogens with one attached hydrogen (secondary N) is 1. The molecule has 1 amide bonds. The molecule has 2 aliphatic rings. The van der Waals surface area contributed by atoms with Crippen molar-refractivity contribution < 1.29 is 14.6 Å². The Morgan fingerprint density at radius 1 is 1.20 bits per heavy atom. The molecule has 2 N–H and O–H groups in total. The minimum absolute atomic E-state index is 0.142. The molecule has 1 saturated heterocycles. The van der Waals surface area contributed by atoms with E-state index in [1.807, 2.05) is 30.1 Å². The Kier molecular flexibility index (Phi) is 10.4. The number of amidine groups is 1. The van der Waals surface area contributed by atoms with Gasteiger partial charge in [0.1, 0.15) is 18.2 Å². The van der Waals surface area contributed by atoms with Crippen molar-refractivity contribution >= 4 is 34.6 Å². The van der Waals surface area contributed by atoms with Gasteiger partial charge in [-0.2, -0.15) is 0 Å². The van der Waals surface area contributed by atoms with E-state index in [1.165, 1.54) is 31.7 Å². The third kappa shape index (κ3) is 7.67. The molecule has 0 aromatic heterocycles. The number of likely N-dealkylation sites (tertiary alicyclic amines) is 1. The number of nitrogens with zero attached hydrogens (tertiary/aromatic N) is 5. The Morgan fingerprint density at radius 2 is 1.98 bits per heavy atom. The Hall–Kier alpha value is -3.85. The van der Waals surface area contributed by atoms with E-state index >= 15 is 0 Å². The van der Waals surface area contributed by atoms with E-state index in [-0.39, 0.29) is 11.7 Å². The van der Waals surface area contributed by atoms with Crippen LogP contribution in [-0.4, -0.2) is 104 Å². The van der Waals surface area contributed by atoms with E-state index in [2.05, 4.69) is 29.4 Å². The van der Waals surface area contributed by atoms with Crippen LogP contribution < -0.4 is 4.90 Å². The van der Waals surface area contributed by atoms with Gasteiger partial charge in [0.25, 0.3) is 0 Å². The lowest BCUT2D eigenvalue weighted by molar-refractivity contribution is -0.124. The van der Waals surface area contributed by atoms with Gasteiger partial charge in [0.2, 0.25) is 5.91 Å². The second-order valence-electron chi connectivity index (χ2n) is 11.0. The summed E-state index contributed by atoms with van der Waals surface area (Å²) in [7, 11) is 3.60. The summed E-state index contributed by atoms with van der Waals surface area (Å²) in [6, 6.07) is 12.2.